The average Bonchev–Trinajstić information content (AvgIpc) is 2.74. The van der Waals surface area contributed by atoms with Gasteiger partial charge >= 0.3 is 18.0 Å². The standard InChI is InChI=1S/C20H21N5O7/c21-20(32)25-18(29)14-3-1-2-13(23-14)10-22-12-6-4-11(5-7-12)17(28)24-15(19(30)31)8-9-16(26)27/h1-7,15,22H,8-10H2,(H,24,28)(H,26,27)(H,30,31)(H3,21,25,29,32). The Labute approximate surface area is 181 Å². The quantitative estimate of drug-likeness (QED) is 0.303. The van der Waals surface area contributed by atoms with E-state index < -0.39 is 35.8 Å². The van der Waals surface area contributed by atoms with E-state index >= 15 is 0 Å². The molecule has 0 aliphatic carbocycles. The zero-order valence-electron chi connectivity index (χ0n) is 16.7. The van der Waals surface area contributed by atoms with E-state index in [1.165, 1.54) is 18.2 Å². The minimum Gasteiger partial charge on any atom is -0.481 e. The maximum Gasteiger partial charge on any atom is 0.326 e. The number of hydrogen-bond donors (Lipinski definition) is 6. The molecule has 1 heterocycles. The van der Waals surface area contributed by atoms with Gasteiger partial charge in [-0.05, 0) is 42.8 Å². The number of benzene rings is 1. The summed E-state index contributed by atoms with van der Waals surface area (Å²) in [5, 5.41) is 25.1. The molecule has 1 atom stereocenters. The van der Waals surface area contributed by atoms with Gasteiger partial charge in [0.2, 0.25) is 0 Å². The zero-order chi connectivity index (χ0) is 23.7. The molecule has 0 saturated heterocycles. The highest BCUT2D eigenvalue weighted by atomic mass is 16.4. The smallest absolute Gasteiger partial charge is 0.326 e. The van der Waals surface area contributed by atoms with Gasteiger partial charge in [-0.25, -0.2) is 14.6 Å². The highest BCUT2D eigenvalue weighted by Gasteiger charge is 2.21. The van der Waals surface area contributed by atoms with Crippen molar-refractivity contribution in [2.75, 3.05) is 5.32 Å². The van der Waals surface area contributed by atoms with E-state index in [2.05, 4.69) is 15.6 Å². The van der Waals surface area contributed by atoms with Crippen molar-refractivity contribution in [3.05, 3.63) is 59.4 Å². The van der Waals surface area contributed by atoms with Gasteiger partial charge in [-0.15, -0.1) is 0 Å². The normalized spacial score (nSPS) is 11.1. The first-order valence-corrected chi connectivity index (χ1v) is 9.32. The van der Waals surface area contributed by atoms with Gasteiger partial charge in [0.15, 0.2) is 0 Å². The number of nitrogens with zero attached hydrogens (tertiary/aromatic N) is 1. The van der Waals surface area contributed by atoms with Gasteiger partial charge < -0.3 is 26.6 Å². The molecule has 0 bridgehead atoms. The molecule has 7 N–H and O–H groups in total. The second kappa shape index (κ2) is 11.1. The van der Waals surface area contributed by atoms with Crippen LogP contribution in [0.3, 0.4) is 0 Å². The van der Waals surface area contributed by atoms with Gasteiger partial charge in [0.05, 0.1) is 12.2 Å². The fraction of sp³-hybridized carbons (Fsp3) is 0.200. The van der Waals surface area contributed by atoms with Crippen LogP contribution in [0.25, 0.3) is 0 Å². The fourth-order valence-electron chi connectivity index (χ4n) is 2.58. The number of nitrogens with one attached hydrogen (secondary N) is 3. The van der Waals surface area contributed by atoms with Crippen molar-refractivity contribution in [1.29, 1.82) is 0 Å². The molecule has 32 heavy (non-hydrogen) atoms. The van der Waals surface area contributed by atoms with Crippen molar-refractivity contribution in [3.8, 4) is 0 Å². The molecule has 1 aromatic carbocycles. The van der Waals surface area contributed by atoms with Crippen LogP contribution >= 0.6 is 0 Å². The summed E-state index contributed by atoms with van der Waals surface area (Å²) in [6.07, 6.45) is -0.626. The number of carbonyl (C=O) groups excluding carboxylic acids is 3. The molecular formula is C20H21N5O7. The number of nitrogens with two attached hydrogens (primary N) is 1. The topological polar surface area (TPSA) is 201 Å². The molecule has 1 aromatic heterocycles. The van der Waals surface area contributed by atoms with E-state index in [0.717, 1.165) is 0 Å². The summed E-state index contributed by atoms with van der Waals surface area (Å²) in [6.45, 7) is 0.236. The third kappa shape index (κ3) is 7.40. The first-order valence-electron chi connectivity index (χ1n) is 9.32. The van der Waals surface area contributed by atoms with Crippen LogP contribution in [-0.4, -0.2) is 51.0 Å². The number of anilines is 1. The maximum absolute atomic E-state index is 12.2. The maximum atomic E-state index is 12.2. The number of hydrogen-bond acceptors (Lipinski definition) is 7. The first-order chi connectivity index (χ1) is 15.2. The number of pyridine rings is 1. The largest absolute Gasteiger partial charge is 0.481 e. The summed E-state index contributed by atoms with van der Waals surface area (Å²) in [6, 6.07) is 8.50. The molecule has 0 fully saturated rings. The number of carboxylic acid groups (broad SMARTS) is 2. The Bertz CT molecular complexity index is 1020. The van der Waals surface area contributed by atoms with Gasteiger partial charge in [0, 0.05) is 17.7 Å². The molecule has 0 saturated carbocycles. The molecule has 0 spiro atoms. The summed E-state index contributed by atoms with van der Waals surface area (Å²) in [7, 11) is 0. The van der Waals surface area contributed by atoms with Crippen molar-refractivity contribution >= 4 is 35.5 Å². The van der Waals surface area contributed by atoms with E-state index in [1.807, 2.05) is 5.32 Å². The van der Waals surface area contributed by atoms with Crippen molar-refractivity contribution in [3.63, 3.8) is 0 Å². The molecule has 12 nitrogen and oxygen atoms in total. The summed E-state index contributed by atoms with van der Waals surface area (Å²) in [4.78, 5) is 60.7. The molecule has 4 amide bonds. The predicted octanol–water partition coefficient (Wildman–Crippen LogP) is 0.550. The van der Waals surface area contributed by atoms with Crippen LogP contribution in [0.1, 0.15) is 39.4 Å². The van der Waals surface area contributed by atoms with Crippen molar-refractivity contribution in [2.24, 2.45) is 5.73 Å². The predicted molar refractivity (Wildman–Crippen MR) is 111 cm³/mol. The molecule has 2 rings (SSSR count). The lowest BCUT2D eigenvalue weighted by atomic mass is 10.1. The first kappa shape index (κ1) is 23.8. The van der Waals surface area contributed by atoms with Crippen LogP contribution in [0.4, 0.5) is 10.5 Å². The number of carbonyl (C=O) groups is 5. The zero-order valence-corrected chi connectivity index (χ0v) is 16.7. The van der Waals surface area contributed by atoms with Crippen molar-refractivity contribution in [1.82, 2.24) is 15.6 Å². The van der Waals surface area contributed by atoms with Crippen LogP contribution in [0.15, 0.2) is 42.5 Å². The summed E-state index contributed by atoms with van der Waals surface area (Å²) >= 11 is 0. The van der Waals surface area contributed by atoms with Gasteiger partial charge in [-0.2, -0.15) is 0 Å². The molecule has 2 aromatic rings. The number of imide groups is 1. The fourth-order valence-corrected chi connectivity index (χ4v) is 2.58. The van der Waals surface area contributed by atoms with Crippen molar-refractivity contribution in [2.45, 2.75) is 25.4 Å². The van der Waals surface area contributed by atoms with E-state index in [9.17, 15) is 24.0 Å². The lowest BCUT2D eigenvalue weighted by Gasteiger charge is -2.14. The Morgan fingerprint density at radius 3 is 2.25 bits per heavy atom. The highest BCUT2D eigenvalue weighted by molar-refractivity contribution is 6.02. The lowest BCUT2D eigenvalue weighted by Crippen LogP contribution is -2.41. The Hall–Kier alpha value is -4.48. The minimum absolute atomic E-state index is 0.0194. The highest BCUT2D eigenvalue weighted by Crippen LogP contribution is 2.12. The van der Waals surface area contributed by atoms with Crippen molar-refractivity contribution < 1.29 is 34.2 Å². The van der Waals surface area contributed by atoms with E-state index in [1.54, 1.807) is 24.3 Å². The number of primary amides is 1. The summed E-state index contributed by atoms with van der Waals surface area (Å²) < 4.78 is 0. The average molecular weight is 443 g/mol. The number of amides is 4. The SMILES string of the molecule is NC(=O)NC(=O)c1cccc(CNc2ccc(C(=O)NC(CCC(=O)O)C(=O)O)cc2)n1. The van der Waals surface area contributed by atoms with Gasteiger partial charge in [0.25, 0.3) is 11.8 Å². The second-order valence-corrected chi connectivity index (χ2v) is 6.56. The Balaban J connectivity index is 1.96. The molecule has 12 heteroatoms. The number of aromatic nitrogens is 1. The van der Waals surface area contributed by atoms with Gasteiger partial charge in [-0.3, -0.25) is 19.7 Å². The van der Waals surface area contributed by atoms with Crippen LogP contribution in [-0.2, 0) is 16.1 Å². The van der Waals surface area contributed by atoms with Crippen LogP contribution in [0.2, 0.25) is 0 Å². The number of aliphatic carboxylic acids is 2. The van der Waals surface area contributed by atoms with Crippen LogP contribution in [0, 0.1) is 0 Å². The van der Waals surface area contributed by atoms with Gasteiger partial charge in [-0.1, -0.05) is 6.07 Å². The van der Waals surface area contributed by atoms with E-state index in [0.29, 0.717) is 11.4 Å². The lowest BCUT2D eigenvalue weighted by molar-refractivity contribution is -0.140. The van der Waals surface area contributed by atoms with Gasteiger partial charge in [0.1, 0.15) is 11.7 Å². The third-order valence-corrected chi connectivity index (χ3v) is 4.15. The van der Waals surface area contributed by atoms with Crippen LogP contribution in [0.5, 0.6) is 0 Å². The Kier molecular flexibility index (Phi) is 8.22. The number of rotatable bonds is 10. The molecular weight excluding hydrogens is 422 g/mol. The number of urea groups is 1. The minimum atomic E-state index is -1.32. The Morgan fingerprint density at radius 1 is 0.969 bits per heavy atom. The molecule has 1 unspecified atom stereocenters. The Morgan fingerprint density at radius 2 is 1.66 bits per heavy atom. The second-order valence-electron chi connectivity index (χ2n) is 6.56. The van der Waals surface area contributed by atoms with E-state index in [4.69, 9.17) is 15.9 Å². The summed E-state index contributed by atoms with van der Waals surface area (Å²) in [5.41, 5.74) is 6.25. The molecule has 168 valence electrons. The molecule has 0 radical (unpaired) electrons. The number of carboxylic acids is 2. The molecule has 0 aliphatic rings. The van der Waals surface area contributed by atoms with E-state index in [-0.39, 0.29) is 30.6 Å². The molecule has 0 aliphatic heterocycles. The summed E-state index contributed by atoms with van der Waals surface area (Å²) in [5.74, 6) is -3.85. The monoisotopic (exact) mass is 443 g/mol. The third-order valence-electron chi connectivity index (χ3n) is 4.15. The van der Waals surface area contributed by atoms with Crippen LogP contribution < -0.4 is 21.7 Å².